The first-order valence-electron chi connectivity index (χ1n) is 17.7. The molecule has 52 heavy (non-hydrogen) atoms. The van der Waals surface area contributed by atoms with E-state index in [0.29, 0.717) is 0 Å². The molecule has 2 aliphatic carbocycles. The van der Waals surface area contributed by atoms with Gasteiger partial charge in [-0.25, -0.2) is 4.67 Å². The zero-order chi connectivity index (χ0) is 34.3. The number of benzene rings is 5. The Morgan fingerprint density at radius 3 is 2.37 bits per heavy atom. The Morgan fingerprint density at radius 1 is 0.673 bits per heavy atom. The highest BCUT2D eigenvalue weighted by Crippen LogP contribution is 2.49. The SMILES string of the molecule is C=C1CC=CC2=C1c1cc(-c3ccc(-n4c5c(c6cc(-n7c8ccccc8c8cnccc87)ccc64)=CC=[N+]=5)cc3)ccc1/C2=C/c1ccccc1. The molecule has 1 aliphatic heterocycles. The van der Waals surface area contributed by atoms with Crippen LogP contribution in [0.3, 0.4) is 0 Å². The van der Waals surface area contributed by atoms with Gasteiger partial charge < -0.3 is 4.57 Å². The molecule has 3 aliphatic rings. The smallest absolute Gasteiger partial charge is 0.309 e. The maximum absolute atomic E-state index is 4.85. The molecule has 242 valence electrons. The van der Waals surface area contributed by atoms with E-state index >= 15 is 0 Å². The van der Waals surface area contributed by atoms with Crippen molar-refractivity contribution in [3.63, 3.8) is 0 Å². The first kappa shape index (κ1) is 28.8. The fraction of sp³-hybridized carbons (Fsp3) is 0.0208. The van der Waals surface area contributed by atoms with Crippen molar-refractivity contribution >= 4 is 62.2 Å². The highest BCUT2D eigenvalue weighted by Gasteiger charge is 2.29. The predicted octanol–water partition coefficient (Wildman–Crippen LogP) is 9.17. The van der Waals surface area contributed by atoms with E-state index in [-0.39, 0.29) is 0 Å². The number of nitrogens with zero attached hydrogens (tertiary/aromatic N) is 4. The van der Waals surface area contributed by atoms with Gasteiger partial charge in [0, 0.05) is 40.3 Å². The van der Waals surface area contributed by atoms with Crippen molar-refractivity contribution in [2.75, 3.05) is 0 Å². The third kappa shape index (κ3) is 4.16. The zero-order valence-corrected chi connectivity index (χ0v) is 28.3. The van der Waals surface area contributed by atoms with Crippen molar-refractivity contribution in [3.05, 3.63) is 191 Å². The van der Waals surface area contributed by atoms with Gasteiger partial charge in [0.05, 0.1) is 16.3 Å². The second-order valence-electron chi connectivity index (χ2n) is 13.7. The normalized spacial score (nSPS) is 15.1. The van der Waals surface area contributed by atoms with Gasteiger partial charge in [0.25, 0.3) is 0 Å². The molecule has 0 atom stereocenters. The van der Waals surface area contributed by atoms with Gasteiger partial charge in [0.2, 0.25) is 0 Å². The number of hydrogen-bond donors (Lipinski definition) is 0. The van der Waals surface area contributed by atoms with Crippen LogP contribution in [0.15, 0.2) is 164 Å². The molecule has 0 unspecified atom stereocenters. The van der Waals surface area contributed by atoms with Crippen LogP contribution in [0.2, 0.25) is 0 Å². The maximum Gasteiger partial charge on any atom is 0.388 e. The maximum atomic E-state index is 4.85. The zero-order valence-electron chi connectivity index (χ0n) is 28.3. The average Bonchev–Trinajstić information content (AvgIpc) is 3.95. The van der Waals surface area contributed by atoms with Gasteiger partial charge in [-0.3, -0.25) is 4.98 Å². The van der Waals surface area contributed by atoms with Crippen LogP contribution in [0, 0.1) is 0 Å². The molecule has 8 aromatic rings. The minimum absolute atomic E-state index is 0.877. The number of hydrogen-bond acceptors (Lipinski definition) is 1. The molecule has 0 saturated carbocycles. The molecule has 0 amide bonds. The van der Waals surface area contributed by atoms with E-state index in [1.54, 1.807) is 0 Å². The lowest BCUT2D eigenvalue weighted by molar-refractivity contribution is 1.01. The lowest BCUT2D eigenvalue weighted by Crippen LogP contribution is -2.28. The molecule has 0 bridgehead atoms. The van der Waals surface area contributed by atoms with Gasteiger partial charge in [0.15, 0.2) is 6.21 Å². The first-order valence-corrected chi connectivity index (χ1v) is 17.7. The van der Waals surface area contributed by atoms with Crippen LogP contribution in [0.5, 0.6) is 0 Å². The summed E-state index contributed by atoms with van der Waals surface area (Å²) in [5, 5.41) is 4.68. The topological polar surface area (TPSA) is 36.9 Å². The molecule has 0 spiro atoms. The van der Waals surface area contributed by atoms with Crippen LogP contribution < -0.4 is 15.4 Å². The average molecular weight is 664 g/mol. The fourth-order valence-electron chi connectivity index (χ4n) is 8.50. The first-order chi connectivity index (χ1) is 25.7. The number of fused-ring (bicyclic) bond motifs is 8. The summed E-state index contributed by atoms with van der Waals surface area (Å²) in [4.78, 5) is 4.43. The van der Waals surface area contributed by atoms with E-state index in [9.17, 15) is 0 Å². The Labute approximate surface area is 300 Å². The van der Waals surface area contributed by atoms with Crippen molar-refractivity contribution in [1.29, 1.82) is 0 Å². The molecule has 4 heteroatoms. The lowest BCUT2D eigenvalue weighted by atomic mass is 9.91. The molecule has 3 aromatic heterocycles. The van der Waals surface area contributed by atoms with Crippen LogP contribution in [0.25, 0.3) is 78.5 Å². The minimum atomic E-state index is 0.877. The van der Waals surface area contributed by atoms with Crippen LogP contribution in [0.4, 0.5) is 0 Å². The molecule has 0 radical (unpaired) electrons. The highest BCUT2D eigenvalue weighted by atomic mass is 15.0. The highest BCUT2D eigenvalue weighted by molar-refractivity contribution is 6.12. The van der Waals surface area contributed by atoms with E-state index in [2.05, 4.69) is 166 Å². The Balaban J connectivity index is 1.00. The summed E-state index contributed by atoms with van der Waals surface area (Å²) in [6, 6.07) is 43.8. The molecular weight excluding hydrogens is 633 g/mol. The van der Waals surface area contributed by atoms with Crippen molar-refractivity contribution in [2.24, 2.45) is 0 Å². The number of pyridine rings is 1. The molecule has 4 nitrogen and oxygen atoms in total. The van der Waals surface area contributed by atoms with Gasteiger partial charge in [-0.1, -0.05) is 91.5 Å². The van der Waals surface area contributed by atoms with Crippen molar-refractivity contribution in [2.45, 2.75) is 6.42 Å². The standard InChI is InChI=1S/C48H31N4/c1-30-8-7-12-38-40(26-31-9-3-2-4-10-31)36-20-16-33(27-42(36)47(30)38)32-14-17-34(18-15-32)52-45-21-19-35(28-41(45)39-22-25-50-48(39)52)51-44-13-6-5-11-37(44)43-29-49-24-23-46(43)51/h2-7,9-29H,1,8H2/q+1/b40-26-. The van der Waals surface area contributed by atoms with Crippen LogP contribution in [-0.4, -0.2) is 20.3 Å². The summed E-state index contributed by atoms with van der Waals surface area (Å²) >= 11 is 0. The monoisotopic (exact) mass is 663 g/mol. The number of aromatic nitrogens is 3. The predicted molar refractivity (Wildman–Crippen MR) is 216 cm³/mol. The van der Waals surface area contributed by atoms with E-state index in [1.165, 1.54) is 66.4 Å². The summed E-state index contributed by atoms with van der Waals surface area (Å²) in [5.41, 5.74) is 17.7. The van der Waals surface area contributed by atoms with Crippen molar-refractivity contribution < 1.29 is 0 Å². The van der Waals surface area contributed by atoms with E-state index in [0.717, 1.165) is 44.9 Å². The van der Waals surface area contributed by atoms with Gasteiger partial charge in [-0.15, -0.1) is 0 Å². The summed E-state index contributed by atoms with van der Waals surface area (Å²) < 4.78 is 9.48. The summed E-state index contributed by atoms with van der Waals surface area (Å²) in [5.74, 6) is 0. The number of rotatable bonds is 4. The molecule has 4 heterocycles. The quantitative estimate of drug-likeness (QED) is 0.173. The molecule has 11 rings (SSSR count). The molecule has 5 aromatic carbocycles. The largest absolute Gasteiger partial charge is 0.388 e. The lowest BCUT2D eigenvalue weighted by Gasteiger charge is -2.13. The summed E-state index contributed by atoms with van der Waals surface area (Å²) in [6.45, 7) is 4.48. The summed E-state index contributed by atoms with van der Waals surface area (Å²) in [7, 11) is 0. The van der Waals surface area contributed by atoms with Crippen LogP contribution >= 0.6 is 0 Å². The third-order valence-corrected chi connectivity index (χ3v) is 10.8. The van der Waals surface area contributed by atoms with Crippen LogP contribution in [-0.2, 0) is 0 Å². The number of para-hydroxylation sites is 1. The van der Waals surface area contributed by atoms with Crippen molar-refractivity contribution in [1.82, 2.24) is 18.8 Å². The Kier molecular flexibility index (Phi) is 6.09. The number of allylic oxidation sites excluding steroid dienone is 6. The van der Waals surface area contributed by atoms with Gasteiger partial charge in [0.1, 0.15) is 11.2 Å². The molecule has 0 N–H and O–H groups in total. The second kappa shape index (κ2) is 11.0. The fourth-order valence-corrected chi connectivity index (χ4v) is 8.50. The van der Waals surface area contributed by atoms with E-state index in [1.807, 2.05) is 18.6 Å². The Morgan fingerprint density at radius 2 is 1.46 bits per heavy atom. The Bertz CT molecular complexity index is 3070. The van der Waals surface area contributed by atoms with Gasteiger partial charge in [-0.05, 0) is 111 Å². The Hall–Kier alpha value is -7.00. The van der Waals surface area contributed by atoms with Gasteiger partial charge >= 0.3 is 5.49 Å². The van der Waals surface area contributed by atoms with Gasteiger partial charge in [-0.2, -0.15) is 4.57 Å². The summed E-state index contributed by atoms with van der Waals surface area (Å²) in [6.07, 6.45) is 15.6. The van der Waals surface area contributed by atoms with E-state index in [4.69, 9.17) is 4.67 Å². The molecule has 0 fully saturated rings. The molecular formula is C48H31N4+. The van der Waals surface area contributed by atoms with Crippen molar-refractivity contribution in [3.8, 4) is 22.5 Å². The minimum Gasteiger partial charge on any atom is -0.309 e. The van der Waals surface area contributed by atoms with Crippen LogP contribution in [0.1, 0.15) is 23.1 Å². The second-order valence-corrected chi connectivity index (χ2v) is 13.7. The third-order valence-electron chi connectivity index (χ3n) is 10.8. The van der Waals surface area contributed by atoms with E-state index < -0.39 is 0 Å². The molecule has 0 saturated heterocycles.